The summed E-state index contributed by atoms with van der Waals surface area (Å²) in [7, 11) is 0. The molecule has 1 N–H and O–H groups in total. The Balaban J connectivity index is 1.78. The normalized spacial score (nSPS) is 11.2. The number of nitrogens with one attached hydrogen (secondary N) is 1. The quantitative estimate of drug-likeness (QED) is 0.503. The van der Waals surface area contributed by atoms with Crippen molar-refractivity contribution in [3.05, 3.63) is 76.3 Å². The SMILES string of the molecule is CCN(CC)c1ccc(/C=N\n2c(Cc3ccccc3)n[nH]c2=S)cc1. The smallest absolute Gasteiger partial charge is 0.216 e. The highest BCUT2D eigenvalue weighted by Gasteiger charge is 2.06. The van der Waals surface area contributed by atoms with Gasteiger partial charge in [-0.3, -0.25) is 5.10 Å². The standard InChI is InChI=1S/C20H23N5S/c1-3-24(4-2)18-12-10-17(11-13-18)15-21-25-19(22-23-20(25)26)14-16-8-6-5-7-9-16/h5-13,15H,3-4,14H2,1-2H3,(H,23,26)/b21-15-. The lowest BCUT2D eigenvalue weighted by Gasteiger charge is -2.20. The van der Waals surface area contributed by atoms with Crippen LogP contribution in [0.3, 0.4) is 0 Å². The Kier molecular flexibility index (Phi) is 5.96. The summed E-state index contributed by atoms with van der Waals surface area (Å²) in [6.45, 7) is 6.31. The first-order chi connectivity index (χ1) is 12.7. The number of aromatic nitrogens is 3. The topological polar surface area (TPSA) is 49.2 Å². The van der Waals surface area contributed by atoms with Crippen molar-refractivity contribution in [1.82, 2.24) is 14.9 Å². The number of aromatic amines is 1. The summed E-state index contributed by atoms with van der Waals surface area (Å²) >= 11 is 5.32. The number of anilines is 1. The predicted octanol–water partition coefficient (Wildman–Crippen LogP) is 4.26. The minimum Gasteiger partial charge on any atom is -0.372 e. The highest BCUT2D eigenvalue weighted by molar-refractivity contribution is 7.71. The molecule has 0 saturated heterocycles. The highest BCUT2D eigenvalue weighted by atomic mass is 32.1. The molecule has 3 aromatic rings. The number of rotatable bonds is 7. The summed E-state index contributed by atoms with van der Waals surface area (Å²) in [6, 6.07) is 18.5. The number of hydrogen-bond donors (Lipinski definition) is 1. The monoisotopic (exact) mass is 365 g/mol. The maximum absolute atomic E-state index is 5.32. The van der Waals surface area contributed by atoms with Crippen LogP contribution < -0.4 is 4.90 Å². The van der Waals surface area contributed by atoms with Crippen molar-refractivity contribution in [3.63, 3.8) is 0 Å². The molecule has 0 spiro atoms. The van der Waals surface area contributed by atoms with Crippen LogP contribution in [0.15, 0.2) is 59.7 Å². The fourth-order valence-corrected chi connectivity index (χ4v) is 3.02. The van der Waals surface area contributed by atoms with Gasteiger partial charge in [0.2, 0.25) is 4.77 Å². The number of nitrogens with zero attached hydrogens (tertiary/aromatic N) is 4. The molecule has 0 aliphatic carbocycles. The molecule has 0 aliphatic rings. The van der Waals surface area contributed by atoms with Crippen LogP contribution in [0.1, 0.15) is 30.8 Å². The average molecular weight is 366 g/mol. The summed E-state index contributed by atoms with van der Waals surface area (Å²) in [4.78, 5) is 2.31. The molecule has 26 heavy (non-hydrogen) atoms. The van der Waals surface area contributed by atoms with E-state index >= 15 is 0 Å². The maximum Gasteiger partial charge on any atom is 0.216 e. The van der Waals surface area contributed by atoms with Crippen molar-refractivity contribution in [1.29, 1.82) is 0 Å². The third-order valence-electron chi connectivity index (χ3n) is 4.27. The molecule has 2 aromatic carbocycles. The molecular weight excluding hydrogens is 342 g/mol. The maximum atomic E-state index is 5.32. The van der Waals surface area contributed by atoms with Gasteiger partial charge in [-0.15, -0.1) is 0 Å². The Bertz CT molecular complexity index is 905. The summed E-state index contributed by atoms with van der Waals surface area (Å²) in [5.74, 6) is 0.789. The van der Waals surface area contributed by atoms with Gasteiger partial charge >= 0.3 is 0 Å². The Labute approximate surface area is 159 Å². The second-order valence-electron chi connectivity index (χ2n) is 5.93. The van der Waals surface area contributed by atoms with Crippen LogP contribution in [0.4, 0.5) is 5.69 Å². The van der Waals surface area contributed by atoms with Gasteiger partial charge in [-0.25, -0.2) is 0 Å². The molecule has 3 rings (SSSR count). The van der Waals surface area contributed by atoms with Crippen molar-refractivity contribution >= 4 is 24.1 Å². The van der Waals surface area contributed by atoms with E-state index < -0.39 is 0 Å². The average Bonchev–Trinajstić information content (AvgIpc) is 3.02. The van der Waals surface area contributed by atoms with Crippen molar-refractivity contribution in [2.45, 2.75) is 20.3 Å². The van der Waals surface area contributed by atoms with E-state index in [1.54, 1.807) is 4.68 Å². The molecule has 0 amide bonds. The predicted molar refractivity (Wildman–Crippen MR) is 110 cm³/mol. The molecule has 134 valence electrons. The van der Waals surface area contributed by atoms with E-state index in [0.717, 1.165) is 24.5 Å². The van der Waals surface area contributed by atoms with Gasteiger partial charge in [0.05, 0.1) is 6.21 Å². The molecule has 1 heterocycles. The first-order valence-electron chi connectivity index (χ1n) is 8.80. The van der Waals surface area contributed by atoms with Crippen molar-refractivity contribution < 1.29 is 0 Å². The molecule has 0 saturated carbocycles. The van der Waals surface area contributed by atoms with Crippen LogP contribution in [0, 0.1) is 4.77 Å². The molecule has 0 bridgehead atoms. The molecule has 0 fully saturated rings. The van der Waals surface area contributed by atoms with Gasteiger partial charge in [0.25, 0.3) is 0 Å². The number of H-pyrrole nitrogens is 1. The van der Waals surface area contributed by atoms with Gasteiger partial charge in [-0.2, -0.15) is 14.9 Å². The van der Waals surface area contributed by atoms with Gasteiger partial charge in [-0.1, -0.05) is 42.5 Å². The molecule has 0 unspecified atom stereocenters. The fraction of sp³-hybridized carbons (Fsp3) is 0.250. The van der Waals surface area contributed by atoms with E-state index in [1.807, 2.05) is 24.4 Å². The zero-order chi connectivity index (χ0) is 18.4. The fourth-order valence-electron chi connectivity index (χ4n) is 2.82. The largest absolute Gasteiger partial charge is 0.372 e. The van der Waals surface area contributed by atoms with E-state index in [1.165, 1.54) is 11.3 Å². The van der Waals surface area contributed by atoms with Gasteiger partial charge in [0.1, 0.15) is 0 Å². The minimum absolute atomic E-state index is 0.493. The summed E-state index contributed by atoms with van der Waals surface area (Å²) in [5, 5.41) is 11.7. The lowest BCUT2D eigenvalue weighted by Crippen LogP contribution is -2.21. The molecule has 0 atom stereocenters. The molecule has 6 heteroatoms. The van der Waals surface area contributed by atoms with E-state index in [0.29, 0.717) is 11.2 Å². The van der Waals surface area contributed by atoms with E-state index in [-0.39, 0.29) is 0 Å². The Hall–Kier alpha value is -2.73. The van der Waals surface area contributed by atoms with Gasteiger partial charge in [0, 0.05) is 25.2 Å². The molecule has 1 aromatic heterocycles. The molecule has 0 aliphatic heterocycles. The van der Waals surface area contributed by atoms with Crippen LogP contribution in [0.5, 0.6) is 0 Å². The van der Waals surface area contributed by atoms with Crippen molar-refractivity contribution in [2.24, 2.45) is 5.10 Å². The molecular formula is C20H23N5S. The van der Waals surface area contributed by atoms with E-state index in [4.69, 9.17) is 12.2 Å². The third kappa shape index (κ3) is 4.26. The van der Waals surface area contributed by atoms with E-state index in [9.17, 15) is 0 Å². The van der Waals surface area contributed by atoms with Crippen LogP contribution in [0.2, 0.25) is 0 Å². The second kappa shape index (κ2) is 8.58. The Morgan fingerprint density at radius 3 is 2.42 bits per heavy atom. The highest BCUT2D eigenvalue weighted by Crippen LogP contribution is 2.14. The molecule has 0 radical (unpaired) electrons. The minimum atomic E-state index is 0.493. The number of benzene rings is 2. The zero-order valence-electron chi connectivity index (χ0n) is 15.1. The van der Waals surface area contributed by atoms with Gasteiger partial charge in [0.15, 0.2) is 5.82 Å². The summed E-state index contributed by atoms with van der Waals surface area (Å²) < 4.78 is 2.17. The molecule has 5 nitrogen and oxygen atoms in total. The van der Waals surface area contributed by atoms with Crippen LogP contribution in [-0.4, -0.2) is 34.2 Å². The Morgan fingerprint density at radius 1 is 1.08 bits per heavy atom. The second-order valence-corrected chi connectivity index (χ2v) is 6.31. The number of hydrogen-bond acceptors (Lipinski definition) is 4. The first kappa shape index (κ1) is 18.1. The summed E-state index contributed by atoms with van der Waals surface area (Å²) in [5.41, 5.74) is 3.41. The lowest BCUT2D eigenvalue weighted by molar-refractivity contribution is 0.792. The van der Waals surface area contributed by atoms with Gasteiger partial charge in [-0.05, 0) is 49.3 Å². The van der Waals surface area contributed by atoms with Crippen molar-refractivity contribution in [2.75, 3.05) is 18.0 Å². The summed E-state index contributed by atoms with van der Waals surface area (Å²) in [6.07, 6.45) is 2.48. The first-order valence-corrected chi connectivity index (χ1v) is 9.21. The zero-order valence-corrected chi connectivity index (χ0v) is 15.9. The van der Waals surface area contributed by atoms with Crippen LogP contribution >= 0.6 is 12.2 Å². The van der Waals surface area contributed by atoms with Crippen LogP contribution in [0.25, 0.3) is 0 Å². The lowest BCUT2D eigenvalue weighted by atomic mass is 10.1. The Morgan fingerprint density at radius 2 is 1.77 bits per heavy atom. The van der Waals surface area contributed by atoms with E-state index in [2.05, 4.69) is 70.4 Å². The van der Waals surface area contributed by atoms with Crippen LogP contribution in [-0.2, 0) is 6.42 Å². The third-order valence-corrected chi connectivity index (χ3v) is 4.53. The van der Waals surface area contributed by atoms with Gasteiger partial charge < -0.3 is 4.90 Å². The van der Waals surface area contributed by atoms with Crippen molar-refractivity contribution in [3.8, 4) is 0 Å².